The number of hydrogen-bond donors (Lipinski definition) is 0. The van der Waals surface area contributed by atoms with Gasteiger partial charge in [0.25, 0.3) is 0 Å². The van der Waals surface area contributed by atoms with E-state index in [9.17, 15) is 4.79 Å². The van der Waals surface area contributed by atoms with Crippen LogP contribution in [0.15, 0.2) is 24.8 Å². The van der Waals surface area contributed by atoms with E-state index in [1.165, 1.54) is 6.08 Å². The average Bonchev–Trinajstić information content (AvgIpc) is 1.84. The summed E-state index contributed by atoms with van der Waals surface area (Å²) in [5.74, 6) is 0.181. The van der Waals surface area contributed by atoms with Gasteiger partial charge in [-0.15, -0.1) is 0 Å². The van der Waals surface area contributed by atoms with Crippen molar-refractivity contribution in [3.05, 3.63) is 24.8 Å². The quantitative estimate of drug-likeness (QED) is 0.525. The van der Waals surface area contributed by atoms with Crippen molar-refractivity contribution in [2.75, 3.05) is 0 Å². The molecule has 0 radical (unpaired) electrons. The van der Waals surface area contributed by atoms with Crippen LogP contribution in [-0.4, -0.2) is 5.78 Å². The highest BCUT2D eigenvalue weighted by atomic mass is 16.1. The minimum absolute atomic E-state index is 0.0509. The Morgan fingerprint density at radius 1 is 1.56 bits per heavy atom. The van der Waals surface area contributed by atoms with E-state index in [-0.39, 0.29) is 11.7 Å². The Morgan fingerprint density at radius 3 is 2.11 bits per heavy atom. The van der Waals surface area contributed by atoms with Crippen molar-refractivity contribution in [1.82, 2.24) is 0 Å². The lowest BCUT2D eigenvalue weighted by Crippen LogP contribution is -2.02. The maximum Gasteiger partial charge on any atom is 0.180 e. The van der Waals surface area contributed by atoms with Gasteiger partial charge in [-0.3, -0.25) is 4.79 Å². The van der Waals surface area contributed by atoms with Crippen LogP contribution >= 0.6 is 0 Å². The molecule has 0 rings (SSSR count). The molecule has 9 heavy (non-hydrogen) atoms. The summed E-state index contributed by atoms with van der Waals surface area (Å²) in [4.78, 5) is 10.7. The molecule has 0 aromatic heterocycles. The van der Waals surface area contributed by atoms with Crippen LogP contribution < -0.4 is 0 Å². The van der Waals surface area contributed by atoms with Crippen LogP contribution in [0.3, 0.4) is 0 Å². The number of carbonyl (C=O) groups is 1. The summed E-state index contributed by atoms with van der Waals surface area (Å²) >= 11 is 0. The molecule has 0 aliphatic rings. The fourth-order valence-corrected chi connectivity index (χ4v) is 0.416. The summed E-state index contributed by atoms with van der Waals surface area (Å²) in [5.41, 5.74) is 0.630. The molecule has 0 aliphatic carbocycles. The second-order valence-corrected chi connectivity index (χ2v) is 2.25. The van der Waals surface area contributed by atoms with Crippen LogP contribution in [0, 0.1) is 5.92 Å². The Balaban J connectivity index is 4.04. The highest BCUT2D eigenvalue weighted by Gasteiger charge is 2.05. The Hall–Kier alpha value is -0.850. The van der Waals surface area contributed by atoms with Gasteiger partial charge in [-0.1, -0.05) is 27.0 Å². The minimum atomic E-state index is -0.0509. The van der Waals surface area contributed by atoms with Gasteiger partial charge in [0.1, 0.15) is 0 Å². The molecule has 0 amide bonds. The Bertz CT molecular complexity index is 143. The monoisotopic (exact) mass is 124 g/mol. The molecule has 0 saturated carbocycles. The molecule has 1 nitrogen and oxygen atoms in total. The molecule has 0 heterocycles. The van der Waals surface area contributed by atoms with Crippen molar-refractivity contribution in [1.29, 1.82) is 0 Å². The summed E-state index contributed by atoms with van der Waals surface area (Å²) < 4.78 is 0. The molecule has 0 fully saturated rings. The van der Waals surface area contributed by atoms with Crippen molar-refractivity contribution in [2.24, 2.45) is 5.92 Å². The average molecular weight is 124 g/mol. The predicted octanol–water partition coefficient (Wildman–Crippen LogP) is 1.95. The Labute approximate surface area is 56.1 Å². The summed E-state index contributed by atoms with van der Waals surface area (Å²) in [6.07, 6.45) is 1.29. The zero-order chi connectivity index (χ0) is 7.44. The van der Waals surface area contributed by atoms with Crippen LogP contribution in [-0.2, 0) is 4.79 Å². The third-order valence-electron chi connectivity index (χ3n) is 1.20. The number of rotatable bonds is 3. The van der Waals surface area contributed by atoms with Crippen molar-refractivity contribution < 1.29 is 4.79 Å². The zero-order valence-electron chi connectivity index (χ0n) is 5.98. The molecule has 0 unspecified atom stereocenters. The molecule has 0 aliphatic heterocycles. The molecule has 50 valence electrons. The lowest BCUT2D eigenvalue weighted by molar-refractivity contribution is -0.111. The Kier molecular flexibility index (Phi) is 2.93. The van der Waals surface area contributed by atoms with E-state index in [1.807, 2.05) is 13.8 Å². The van der Waals surface area contributed by atoms with Gasteiger partial charge in [-0.05, 0) is 17.6 Å². The molecular weight excluding hydrogens is 112 g/mol. The van der Waals surface area contributed by atoms with Gasteiger partial charge < -0.3 is 0 Å². The van der Waals surface area contributed by atoms with Crippen LogP contribution in [0.1, 0.15) is 13.8 Å². The summed E-state index contributed by atoms with van der Waals surface area (Å²) in [7, 11) is 0. The molecule has 1 heteroatoms. The molecule has 0 N–H and O–H groups in total. The van der Waals surface area contributed by atoms with E-state index in [1.54, 1.807) is 0 Å². The first-order valence-electron chi connectivity index (χ1n) is 2.95. The van der Waals surface area contributed by atoms with Crippen LogP contribution in [0.25, 0.3) is 0 Å². The largest absolute Gasteiger partial charge is 0.290 e. The number of allylic oxidation sites excluding steroid dienone is 2. The SMILES string of the molecule is C=CC(=O)C(=C)C(C)C. The summed E-state index contributed by atoms with van der Waals surface area (Å²) in [6, 6.07) is 0. The number of ketones is 1. The molecular formula is C8H12O. The molecule has 0 bridgehead atoms. The first-order chi connectivity index (χ1) is 4.09. The lowest BCUT2D eigenvalue weighted by Gasteiger charge is -2.02. The third kappa shape index (κ3) is 2.27. The highest BCUT2D eigenvalue weighted by Crippen LogP contribution is 2.07. The normalized spacial score (nSPS) is 9.22. The predicted molar refractivity (Wildman–Crippen MR) is 39.2 cm³/mol. The maximum atomic E-state index is 10.7. The van der Waals surface area contributed by atoms with Crippen molar-refractivity contribution in [2.45, 2.75) is 13.8 Å². The van der Waals surface area contributed by atoms with E-state index in [0.29, 0.717) is 5.57 Å². The zero-order valence-corrected chi connectivity index (χ0v) is 5.98. The van der Waals surface area contributed by atoms with E-state index in [0.717, 1.165) is 0 Å². The van der Waals surface area contributed by atoms with E-state index >= 15 is 0 Å². The van der Waals surface area contributed by atoms with Gasteiger partial charge in [0.05, 0.1) is 0 Å². The van der Waals surface area contributed by atoms with Crippen molar-refractivity contribution >= 4 is 5.78 Å². The Morgan fingerprint density at radius 2 is 2.00 bits per heavy atom. The van der Waals surface area contributed by atoms with Crippen LogP contribution in [0.4, 0.5) is 0 Å². The van der Waals surface area contributed by atoms with E-state index in [2.05, 4.69) is 13.2 Å². The van der Waals surface area contributed by atoms with Gasteiger partial charge in [0.2, 0.25) is 0 Å². The van der Waals surface area contributed by atoms with Crippen molar-refractivity contribution in [3.63, 3.8) is 0 Å². The minimum Gasteiger partial charge on any atom is -0.290 e. The molecule has 0 aromatic carbocycles. The van der Waals surface area contributed by atoms with Crippen LogP contribution in [0.5, 0.6) is 0 Å². The lowest BCUT2D eigenvalue weighted by atomic mass is 10.0. The third-order valence-corrected chi connectivity index (χ3v) is 1.20. The van der Waals surface area contributed by atoms with Gasteiger partial charge in [0, 0.05) is 0 Å². The topological polar surface area (TPSA) is 17.1 Å². The maximum absolute atomic E-state index is 10.7. The van der Waals surface area contributed by atoms with Gasteiger partial charge in [0.15, 0.2) is 5.78 Å². The fourth-order valence-electron chi connectivity index (χ4n) is 0.416. The molecule has 0 spiro atoms. The first-order valence-corrected chi connectivity index (χ1v) is 2.95. The second kappa shape index (κ2) is 3.23. The van der Waals surface area contributed by atoms with Crippen LogP contribution in [0.2, 0.25) is 0 Å². The second-order valence-electron chi connectivity index (χ2n) is 2.25. The van der Waals surface area contributed by atoms with Gasteiger partial charge in [-0.25, -0.2) is 0 Å². The summed E-state index contributed by atoms with van der Waals surface area (Å²) in [6.45, 7) is 10.8. The number of hydrogen-bond acceptors (Lipinski definition) is 1. The number of carbonyl (C=O) groups excluding carboxylic acids is 1. The van der Waals surface area contributed by atoms with Gasteiger partial charge >= 0.3 is 0 Å². The summed E-state index contributed by atoms with van der Waals surface area (Å²) in [5, 5.41) is 0. The fraction of sp³-hybridized carbons (Fsp3) is 0.375. The smallest absolute Gasteiger partial charge is 0.180 e. The molecule has 0 aromatic rings. The first kappa shape index (κ1) is 8.15. The van der Waals surface area contributed by atoms with Gasteiger partial charge in [-0.2, -0.15) is 0 Å². The van der Waals surface area contributed by atoms with E-state index < -0.39 is 0 Å². The molecule has 0 saturated heterocycles. The van der Waals surface area contributed by atoms with Crippen molar-refractivity contribution in [3.8, 4) is 0 Å². The molecule has 0 atom stereocenters. The highest BCUT2D eigenvalue weighted by molar-refractivity contribution is 6.03. The standard InChI is InChI=1S/C8H12O/c1-5-8(9)7(4)6(2)3/h5-6H,1,4H2,2-3H3. The van der Waals surface area contributed by atoms with E-state index in [4.69, 9.17) is 0 Å².